The van der Waals surface area contributed by atoms with E-state index < -0.39 is 12.2 Å². The number of carbonyl (C=O) groups excluding carboxylic acids is 1. The van der Waals surface area contributed by atoms with Crippen molar-refractivity contribution in [3.8, 4) is 23.0 Å². The van der Waals surface area contributed by atoms with Gasteiger partial charge in [-0.3, -0.25) is 4.79 Å². The van der Waals surface area contributed by atoms with Crippen LogP contribution in [0.15, 0.2) is 47.6 Å². The summed E-state index contributed by atoms with van der Waals surface area (Å²) >= 11 is 0. The minimum Gasteiger partial charge on any atom is -0.493 e. The largest absolute Gasteiger partial charge is 0.493 e. The topological polar surface area (TPSA) is 123 Å². The Balaban J connectivity index is 1.46. The van der Waals surface area contributed by atoms with Gasteiger partial charge in [0.15, 0.2) is 17.6 Å². The maximum Gasteiger partial charge on any atom is 0.246 e. The van der Waals surface area contributed by atoms with Crippen LogP contribution in [0, 0.1) is 0 Å². The second-order valence-corrected chi connectivity index (χ2v) is 9.16. The van der Waals surface area contributed by atoms with Crippen molar-refractivity contribution in [3.63, 3.8) is 0 Å². The van der Waals surface area contributed by atoms with Gasteiger partial charge in [0.1, 0.15) is 36.9 Å². The van der Waals surface area contributed by atoms with E-state index in [0.29, 0.717) is 42.7 Å². The van der Waals surface area contributed by atoms with Crippen LogP contribution < -0.4 is 30.0 Å². The van der Waals surface area contributed by atoms with E-state index in [2.05, 4.69) is 17.1 Å². The van der Waals surface area contributed by atoms with E-state index in [4.69, 9.17) is 34.3 Å². The van der Waals surface area contributed by atoms with Crippen LogP contribution in [0.25, 0.3) is 0 Å². The smallest absolute Gasteiger partial charge is 0.246 e. The maximum absolute atomic E-state index is 12.2. The highest BCUT2D eigenvalue weighted by Crippen LogP contribution is 2.47. The van der Waals surface area contributed by atoms with Gasteiger partial charge in [0, 0.05) is 35.8 Å². The third-order valence-corrected chi connectivity index (χ3v) is 6.69. The second-order valence-electron chi connectivity index (χ2n) is 9.16. The SMILES string of the molecule is C=C(C)[C@@H]1Oc2ccc(C3=NOC4COc5cc(OC)c(OC)cc5C34)cc2C1OCC(=O)NCCN. The first-order valence-corrected chi connectivity index (χ1v) is 12.1. The number of hydrogen-bond acceptors (Lipinski definition) is 9. The van der Waals surface area contributed by atoms with Crippen molar-refractivity contribution >= 4 is 11.6 Å². The molecule has 3 aliphatic rings. The highest BCUT2D eigenvalue weighted by molar-refractivity contribution is 6.07. The Labute approximate surface area is 215 Å². The summed E-state index contributed by atoms with van der Waals surface area (Å²) in [6.07, 6.45) is -1.18. The van der Waals surface area contributed by atoms with Crippen molar-refractivity contribution in [3.05, 3.63) is 59.2 Å². The van der Waals surface area contributed by atoms with E-state index in [9.17, 15) is 4.79 Å². The number of amides is 1. The number of carbonyl (C=O) groups is 1. The summed E-state index contributed by atoms with van der Waals surface area (Å²) in [6, 6.07) is 9.57. The third kappa shape index (κ3) is 4.58. The highest BCUT2D eigenvalue weighted by Gasteiger charge is 2.43. The highest BCUT2D eigenvalue weighted by atomic mass is 16.7. The summed E-state index contributed by atoms with van der Waals surface area (Å²) in [7, 11) is 3.19. The lowest BCUT2D eigenvalue weighted by Gasteiger charge is -2.28. The zero-order valence-corrected chi connectivity index (χ0v) is 21.1. The standard InChI is InChI=1S/C27H31N3O7/c1-14(2)26-27(35-13-23(31)29-8-7-28)17-9-15(5-6-18(17)36-26)25-24-16-10-20(32-3)21(33-4)11-19(16)34-12-22(24)37-30-25/h5-6,9-11,22,24,26-27H,1,7-8,12-13,28H2,2-4H3,(H,29,31)/t22?,24?,26-,27?/m0/s1. The van der Waals surface area contributed by atoms with E-state index in [1.807, 2.05) is 37.3 Å². The quantitative estimate of drug-likeness (QED) is 0.495. The molecule has 5 rings (SSSR count). The summed E-state index contributed by atoms with van der Waals surface area (Å²) in [4.78, 5) is 18.0. The first-order valence-electron chi connectivity index (χ1n) is 12.1. The van der Waals surface area contributed by atoms with E-state index >= 15 is 0 Å². The van der Waals surface area contributed by atoms with Crippen LogP contribution in [-0.2, 0) is 14.4 Å². The lowest BCUT2D eigenvalue weighted by Crippen LogP contribution is -2.33. The van der Waals surface area contributed by atoms with Crippen LogP contribution in [0.5, 0.6) is 23.0 Å². The molecule has 3 heterocycles. The predicted octanol–water partition coefficient (Wildman–Crippen LogP) is 2.45. The lowest BCUT2D eigenvalue weighted by atomic mass is 9.83. The van der Waals surface area contributed by atoms with Crippen LogP contribution >= 0.6 is 0 Å². The second kappa shape index (κ2) is 10.3. The zero-order valence-electron chi connectivity index (χ0n) is 21.1. The molecule has 2 aromatic carbocycles. The molecule has 0 fully saturated rings. The summed E-state index contributed by atoms with van der Waals surface area (Å²) in [6.45, 7) is 6.91. The number of nitrogens with two attached hydrogens (primary N) is 1. The Morgan fingerprint density at radius 3 is 2.68 bits per heavy atom. The Kier molecular flexibility index (Phi) is 6.94. The molecule has 2 aromatic rings. The molecule has 0 aliphatic carbocycles. The molecular weight excluding hydrogens is 478 g/mol. The van der Waals surface area contributed by atoms with Crippen LogP contribution in [-0.4, -0.2) is 64.3 Å². The fourth-order valence-electron chi connectivity index (χ4n) is 4.90. The molecule has 0 saturated heterocycles. The molecule has 10 nitrogen and oxygen atoms in total. The van der Waals surface area contributed by atoms with Crippen molar-refractivity contribution in [2.75, 3.05) is 40.5 Å². The normalized spacial score (nSPS) is 22.9. The van der Waals surface area contributed by atoms with Crippen LogP contribution in [0.2, 0.25) is 0 Å². The molecule has 4 atom stereocenters. The Morgan fingerprint density at radius 1 is 1.16 bits per heavy atom. The van der Waals surface area contributed by atoms with Gasteiger partial charge in [-0.15, -0.1) is 0 Å². The molecule has 0 spiro atoms. The average Bonchev–Trinajstić information content (AvgIpc) is 3.51. The van der Waals surface area contributed by atoms with Crippen molar-refractivity contribution in [1.82, 2.24) is 5.32 Å². The maximum atomic E-state index is 12.2. The summed E-state index contributed by atoms with van der Waals surface area (Å²) in [5.41, 5.74) is 9.63. The first-order chi connectivity index (χ1) is 17.9. The molecule has 10 heteroatoms. The van der Waals surface area contributed by atoms with Gasteiger partial charge in [-0.1, -0.05) is 11.7 Å². The summed E-state index contributed by atoms with van der Waals surface area (Å²) in [5, 5.41) is 7.17. The number of nitrogens with zero attached hydrogens (tertiary/aromatic N) is 1. The van der Waals surface area contributed by atoms with Crippen molar-refractivity contribution in [2.24, 2.45) is 10.9 Å². The molecule has 1 amide bonds. The fraction of sp³-hybridized carbons (Fsp3) is 0.407. The minimum atomic E-state index is -0.499. The number of hydrogen-bond donors (Lipinski definition) is 2. The van der Waals surface area contributed by atoms with E-state index in [-0.39, 0.29) is 24.5 Å². The summed E-state index contributed by atoms with van der Waals surface area (Å²) in [5.74, 6) is 2.17. The number of oxime groups is 1. The Morgan fingerprint density at radius 2 is 1.95 bits per heavy atom. The molecule has 3 aliphatic heterocycles. The van der Waals surface area contributed by atoms with E-state index in [1.165, 1.54) is 0 Å². The number of nitrogens with one attached hydrogen (secondary N) is 1. The molecule has 196 valence electrons. The Bertz CT molecular complexity index is 1240. The van der Waals surface area contributed by atoms with Crippen molar-refractivity contribution in [2.45, 2.75) is 31.2 Å². The third-order valence-electron chi connectivity index (χ3n) is 6.69. The minimum absolute atomic E-state index is 0.122. The van der Waals surface area contributed by atoms with Crippen molar-refractivity contribution in [1.29, 1.82) is 0 Å². The van der Waals surface area contributed by atoms with Gasteiger partial charge < -0.3 is 39.6 Å². The molecule has 0 radical (unpaired) electrons. The van der Waals surface area contributed by atoms with E-state index in [1.54, 1.807) is 14.2 Å². The van der Waals surface area contributed by atoms with Gasteiger partial charge in [-0.05, 0) is 36.8 Å². The lowest BCUT2D eigenvalue weighted by molar-refractivity contribution is -0.128. The number of rotatable bonds is 9. The Hall–Kier alpha value is -3.76. The predicted molar refractivity (Wildman–Crippen MR) is 136 cm³/mol. The van der Waals surface area contributed by atoms with Gasteiger partial charge >= 0.3 is 0 Å². The summed E-state index contributed by atoms with van der Waals surface area (Å²) < 4.78 is 29.1. The van der Waals surface area contributed by atoms with Crippen LogP contribution in [0.1, 0.15) is 35.6 Å². The molecule has 0 saturated carbocycles. The van der Waals surface area contributed by atoms with Gasteiger partial charge in [0.25, 0.3) is 0 Å². The molecule has 0 aromatic heterocycles. The monoisotopic (exact) mass is 509 g/mol. The number of ether oxygens (including phenoxy) is 5. The van der Waals surface area contributed by atoms with Crippen molar-refractivity contribution < 1.29 is 33.3 Å². The van der Waals surface area contributed by atoms with Gasteiger partial charge in [-0.25, -0.2) is 0 Å². The van der Waals surface area contributed by atoms with E-state index in [0.717, 1.165) is 28.0 Å². The first kappa shape index (κ1) is 24.9. The average molecular weight is 510 g/mol. The van der Waals surface area contributed by atoms with Gasteiger partial charge in [-0.2, -0.15) is 0 Å². The van der Waals surface area contributed by atoms with Gasteiger partial charge in [0.2, 0.25) is 5.91 Å². The number of fused-ring (bicyclic) bond motifs is 4. The van der Waals surface area contributed by atoms with Gasteiger partial charge in [0.05, 0.1) is 25.8 Å². The molecule has 3 unspecified atom stereocenters. The fourth-order valence-corrected chi connectivity index (χ4v) is 4.90. The van der Waals surface area contributed by atoms with Crippen LogP contribution in [0.3, 0.4) is 0 Å². The molecule has 3 N–H and O–H groups in total. The molecular formula is C27H31N3O7. The number of methoxy groups -OCH3 is 2. The number of benzene rings is 2. The molecule has 0 bridgehead atoms. The van der Waals surface area contributed by atoms with Crippen LogP contribution in [0.4, 0.5) is 0 Å². The zero-order chi connectivity index (χ0) is 26.1. The molecule has 37 heavy (non-hydrogen) atoms.